The Hall–Kier alpha value is -4.07. The van der Waals surface area contributed by atoms with E-state index < -0.39 is 0 Å². The molecule has 0 saturated carbocycles. The zero-order valence-corrected chi connectivity index (χ0v) is 23.3. The lowest BCUT2D eigenvalue weighted by molar-refractivity contribution is -0.114. The van der Waals surface area contributed by atoms with Gasteiger partial charge in [0.05, 0.1) is 17.1 Å². The number of rotatable bonds is 5. The first-order chi connectivity index (χ1) is 19.5. The quantitative estimate of drug-likeness (QED) is 0.262. The molecule has 0 atom stereocenters. The van der Waals surface area contributed by atoms with Crippen LogP contribution in [-0.4, -0.2) is 47.9 Å². The molecule has 0 radical (unpaired) electrons. The van der Waals surface area contributed by atoms with Crippen LogP contribution in [0.15, 0.2) is 107 Å². The summed E-state index contributed by atoms with van der Waals surface area (Å²) in [4.78, 5) is 38.8. The first-order valence-corrected chi connectivity index (χ1v) is 14.3. The summed E-state index contributed by atoms with van der Waals surface area (Å²) in [5.74, 6) is 0.898. The second-order valence-electron chi connectivity index (χ2n) is 9.69. The Bertz CT molecular complexity index is 1570. The molecule has 2 amide bonds. The summed E-state index contributed by atoms with van der Waals surface area (Å²) in [6, 6.07) is 28.9. The minimum atomic E-state index is -0.0606. The summed E-state index contributed by atoms with van der Waals surface area (Å²) >= 11 is 7.67. The van der Waals surface area contributed by atoms with E-state index in [1.54, 1.807) is 11.1 Å². The highest BCUT2D eigenvalue weighted by Crippen LogP contribution is 2.42. The van der Waals surface area contributed by atoms with Crippen LogP contribution in [0, 0.1) is 0 Å². The molecule has 8 heteroatoms. The molecule has 1 fully saturated rings. The van der Waals surface area contributed by atoms with E-state index in [0.717, 1.165) is 40.6 Å². The van der Waals surface area contributed by atoms with Gasteiger partial charge in [0.2, 0.25) is 0 Å². The molecule has 0 aliphatic carbocycles. The van der Waals surface area contributed by atoms with Gasteiger partial charge in [0.15, 0.2) is 0 Å². The summed E-state index contributed by atoms with van der Waals surface area (Å²) in [5, 5.41) is 0.644. The Morgan fingerprint density at radius 3 is 2.42 bits per heavy atom. The first kappa shape index (κ1) is 26.2. The molecule has 6 rings (SSSR count). The first-order valence-electron chi connectivity index (χ1n) is 13.2. The number of benzene rings is 3. The number of piperazine rings is 1. The Balaban J connectivity index is 1.17. The molecule has 1 aromatic heterocycles. The van der Waals surface area contributed by atoms with Crippen LogP contribution in [0.5, 0.6) is 0 Å². The standard InChI is InChI=1S/C32H27ClN4O2S/c33-26-7-5-6-24(20-26)22-37-27-8-1-2-9-28(27)40-29(32(37)39)21-23-11-13-25(14-12-23)31(38)36-18-16-35(17-19-36)30-10-3-4-15-34-30/h1-15,20-21H,16-19,22H2. The predicted molar refractivity (Wildman–Crippen MR) is 162 cm³/mol. The number of halogens is 1. The molecule has 0 bridgehead atoms. The van der Waals surface area contributed by atoms with Gasteiger partial charge in [0.1, 0.15) is 5.82 Å². The van der Waals surface area contributed by atoms with Crippen LogP contribution in [0.4, 0.5) is 11.5 Å². The molecule has 0 unspecified atom stereocenters. The highest BCUT2D eigenvalue weighted by molar-refractivity contribution is 8.04. The van der Waals surface area contributed by atoms with Gasteiger partial charge in [-0.05, 0) is 65.7 Å². The van der Waals surface area contributed by atoms with Crippen molar-refractivity contribution in [2.24, 2.45) is 0 Å². The number of hydrogen-bond donors (Lipinski definition) is 0. The molecule has 3 heterocycles. The fourth-order valence-electron chi connectivity index (χ4n) is 4.97. The molecular formula is C32H27ClN4O2S. The van der Waals surface area contributed by atoms with Crippen molar-refractivity contribution in [2.45, 2.75) is 11.4 Å². The number of hydrogen-bond acceptors (Lipinski definition) is 5. The number of fused-ring (bicyclic) bond motifs is 1. The van der Waals surface area contributed by atoms with E-state index in [1.165, 1.54) is 11.8 Å². The largest absolute Gasteiger partial charge is 0.353 e. The smallest absolute Gasteiger partial charge is 0.265 e. The van der Waals surface area contributed by atoms with E-state index in [-0.39, 0.29) is 11.8 Å². The van der Waals surface area contributed by atoms with E-state index in [2.05, 4.69) is 9.88 Å². The summed E-state index contributed by atoms with van der Waals surface area (Å²) in [6.07, 6.45) is 3.69. The minimum absolute atomic E-state index is 0.0182. The number of thioether (sulfide) groups is 1. The number of para-hydroxylation sites is 1. The van der Waals surface area contributed by atoms with Gasteiger partial charge in [-0.15, -0.1) is 0 Å². The third-order valence-electron chi connectivity index (χ3n) is 7.06. The average Bonchev–Trinajstić information content (AvgIpc) is 3.00. The van der Waals surface area contributed by atoms with Crippen LogP contribution in [0.3, 0.4) is 0 Å². The van der Waals surface area contributed by atoms with Gasteiger partial charge < -0.3 is 14.7 Å². The number of carbonyl (C=O) groups excluding carboxylic acids is 2. The Morgan fingerprint density at radius 2 is 1.68 bits per heavy atom. The zero-order chi connectivity index (χ0) is 27.5. The monoisotopic (exact) mass is 566 g/mol. The Labute approximate surface area is 242 Å². The van der Waals surface area contributed by atoms with Crippen LogP contribution >= 0.6 is 23.4 Å². The predicted octanol–water partition coefficient (Wildman–Crippen LogP) is 6.38. The topological polar surface area (TPSA) is 56.8 Å². The maximum absolute atomic E-state index is 13.6. The average molecular weight is 567 g/mol. The lowest BCUT2D eigenvalue weighted by Gasteiger charge is -2.35. The summed E-state index contributed by atoms with van der Waals surface area (Å²) in [6.45, 7) is 3.22. The van der Waals surface area contributed by atoms with E-state index in [4.69, 9.17) is 11.6 Å². The van der Waals surface area contributed by atoms with E-state index in [9.17, 15) is 9.59 Å². The maximum atomic E-state index is 13.6. The van der Waals surface area contributed by atoms with Crippen LogP contribution < -0.4 is 9.80 Å². The summed E-state index contributed by atoms with van der Waals surface area (Å²) < 4.78 is 0. The third-order valence-corrected chi connectivity index (χ3v) is 8.37. The van der Waals surface area contributed by atoms with Crippen molar-refractivity contribution in [3.8, 4) is 0 Å². The van der Waals surface area contributed by atoms with Gasteiger partial charge in [-0.2, -0.15) is 0 Å². The number of aromatic nitrogens is 1. The van der Waals surface area contributed by atoms with Gasteiger partial charge >= 0.3 is 0 Å². The summed E-state index contributed by atoms with van der Waals surface area (Å²) in [7, 11) is 0. The lowest BCUT2D eigenvalue weighted by Crippen LogP contribution is -2.49. The van der Waals surface area contributed by atoms with Gasteiger partial charge in [-0.25, -0.2) is 4.98 Å². The van der Waals surface area contributed by atoms with Gasteiger partial charge in [0, 0.05) is 47.9 Å². The van der Waals surface area contributed by atoms with Crippen molar-refractivity contribution in [3.05, 3.63) is 124 Å². The van der Waals surface area contributed by atoms with E-state index >= 15 is 0 Å². The van der Waals surface area contributed by atoms with Crippen molar-refractivity contribution in [1.82, 2.24) is 9.88 Å². The molecule has 200 valence electrons. The molecule has 6 nitrogen and oxygen atoms in total. The Kier molecular flexibility index (Phi) is 7.58. The molecular weight excluding hydrogens is 540 g/mol. The van der Waals surface area contributed by atoms with Crippen molar-refractivity contribution in [2.75, 3.05) is 36.0 Å². The molecule has 3 aromatic carbocycles. The molecule has 4 aromatic rings. The Morgan fingerprint density at radius 1 is 0.900 bits per heavy atom. The number of pyridine rings is 1. The van der Waals surface area contributed by atoms with E-state index in [0.29, 0.717) is 35.1 Å². The van der Waals surface area contributed by atoms with Crippen LogP contribution in [0.25, 0.3) is 6.08 Å². The highest BCUT2D eigenvalue weighted by atomic mass is 35.5. The van der Waals surface area contributed by atoms with Gasteiger partial charge in [0.25, 0.3) is 11.8 Å². The van der Waals surface area contributed by atoms with Gasteiger partial charge in [-0.3, -0.25) is 9.59 Å². The molecule has 2 aliphatic rings. The number of nitrogens with zero attached hydrogens (tertiary/aromatic N) is 4. The second kappa shape index (κ2) is 11.6. The SMILES string of the molecule is O=C(c1ccc(C=C2Sc3ccccc3N(Cc3cccc(Cl)c3)C2=O)cc1)N1CCN(c2ccccn2)CC1. The molecule has 0 N–H and O–H groups in total. The van der Waals surface area contributed by atoms with Crippen molar-refractivity contribution in [1.29, 1.82) is 0 Å². The third kappa shape index (κ3) is 5.62. The molecule has 0 spiro atoms. The van der Waals surface area contributed by atoms with Crippen molar-refractivity contribution >= 4 is 52.8 Å². The molecule has 1 saturated heterocycles. The molecule has 2 aliphatic heterocycles. The van der Waals surface area contributed by atoms with Gasteiger partial charge in [-0.1, -0.05) is 65.8 Å². The number of carbonyl (C=O) groups is 2. The normalized spacial score (nSPS) is 16.3. The van der Waals surface area contributed by atoms with Crippen LogP contribution in [-0.2, 0) is 11.3 Å². The number of anilines is 2. The van der Waals surface area contributed by atoms with Crippen LogP contribution in [0.2, 0.25) is 5.02 Å². The summed E-state index contributed by atoms with van der Waals surface area (Å²) in [5.41, 5.74) is 3.36. The fourth-order valence-corrected chi connectivity index (χ4v) is 6.24. The van der Waals surface area contributed by atoms with Crippen molar-refractivity contribution in [3.63, 3.8) is 0 Å². The minimum Gasteiger partial charge on any atom is -0.353 e. The second-order valence-corrected chi connectivity index (χ2v) is 11.2. The fraction of sp³-hybridized carbons (Fsp3) is 0.156. The lowest BCUT2D eigenvalue weighted by atomic mass is 10.1. The highest BCUT2D eigenvalue weighted by Gasteiger charge is 2.29. The van der Waals surface area contributed by atoms with E-state index in [1.807, 2.05) is 102 Å². The zero-order valence-electron chi connectivity index (χ0n) is 21.7. The van der Waals surface area contributed by atoms with Crippen LogP contribution in [0.1, 0.15) is 21.5 Å². The maximum Gasteiger partial charge on any atom is 0.265 e. The molecule has 40 heavy (non-hydrogen) atoms. The number of amides is 2. The van der Waals surface area contributed by atoms with Crippen molar-refractivity contribution < 1.29 is 9.59 Å².